The molecule has 1 aromatic carbocycles. The predicted molar refractivity (Wildman–Crippen MR) is 117 cm³/mol. The minimum absolute atomic E-state index is 0.117. The third-order valence-electron chi connectivity index (χ3n) is 5.67. The smallest absolute Gasteiger partial charge is 0.406 e. The van der Waals surface area contributed by atoms with Crippen LogP contribution in [0.15, 0.2) is 30.6 Å². The number of aromatic nitrogens is 5. The minimum Gasteiger partial charge on any atom is -0.406 e. The maximum absolute atomic E-state index is 13.7. The summed E-state index contributed by atoms with van der Waals surface area (Å²) in [5, 5.41) is 8.03. The van der Waals surface area contributed by atoms with Crippen molar-refractivity contribution in [2.24, 2.45) is 7.05 Å². The molecule has 2 unspecified atom stereocenters. The van der Waals surface area contributed by atoms with Crippen LogP contribution < -0.4 is 10.1 Å². The molecule has 2 atom stereocenters. The molecule has 1 saturated heterocycles. The first-order valence-electron chi connectivity index (χ1n) is 10.6. The maximum atomic E-state index is 13.7. The molecule has 0 bridgehead atoms. The molecule has 2 N–H and O–H groups in total. The van der Waals surface area contributed by atoms with Crippen molar-refractivity contribution < 1.29 is 23.4 Å². The van der Waals surface area contributed by atoms with Gasteiger partial charge in [0.15, 0.2) is 16.9 Å². The van der Waals surface area contributed by atoms with Gasteiger partial charge in [-0.2, -0.15) is 5.10 Å². The molecule has 1 amide bonds. The zero-order chi connectivity index (χ0) is 22.9. The normalized spacial score (nSPS) is 17.0. The van der Waals surface area contributed by atoms with E-state index in [1.54, 1.807) is 31.1 Å². The number of rotatable bonds is 6. The zero-order valence-electron chi connectivity index (χ0n) is 18.2. The topological polar surface area (TPSA) is 116 Å². The number of carbonyl (C=O) groups excluding carboxylic acids is 1. The summed E-state index contributed by atoms with van der Waals surface area (Å²) in [4.78, 5) is 24.6. The molecule has 172 valence electrons. The number of ether oxygens (including phenoxy) is 3. The van der Waals surface area contributed by atoms with Crippen LogP contribution in [0.5, 0.6) is 5.75 Å². The van der Waals surface area contributed by atoms with E-state index in [9.17, 15) is 9.18 Å². The van der Waals surface area contributed by atoms with Gasteiger partial charge in [0.1, 0.15) is 17.2 Å². The lowest BCUT2D eigenvalue weighted by Gasteiger charge is -2.22. The third kappa shape index (κ3) is 4.12. The second-order valence-corrected chi connectivity index (χ2v) is 7.89. The summed E-state index contributed by atoms with van der Waals surface area (Å²) in [6.07, 6.45) is 4.13. The van der Waals surface area contributed by atoms with Crippen molar-refractivity contribution in [3.8, 4) is 17.1 Å². The number of hydrogen-bond donors (Lipinski definition) is 2. The highest BCUT2D eigenvalue weighted by atomic mass is 19.1. The van der Waals surface area contributed by atoms with Crippen LogP contribution in [0, 0.1) is 5.82 Å². The summed E-state index contributed by atoms with van der Waals surface area (Å²) in [6, 6.07) is 4.12. The molecular formula is C22H23FN6O4. The predicted octanol–water partition coefficient (Wildman–Crippen LogP) is 2.93. The van der Waals surface area contributed by atoms with Crippen LogP contribution in [0.25, 0.3) is 33.5 Å². The van der Waals surface area contributed by atoms with Gasteiger partial charge in [-0.05, 0) is 31.0 Å². The van der Waals surface area contributed by atoms with E-state index in [0.29, 0.717) is 41.3 Å². The number of nitrogens with one attached hydrogen (secondary N) is 2. The quantitative estimate of drug-likeness (QED) is 0.460. The van der Waals surface area contributed by atoms with Crippen molar-refractivity contribution >= 4 is 28.2 Å². The average molecular weight is 454 g/mol. The number of nitrogens with zero attached hydrogens (tertiary/aromatic N) is 4. The number of benzene rings is 1. The number of aromatic amines is 1. The molecule has 1 fully saturated rings. The van der Waals surface area contributed by atoms with Crippen LogP contribution in [-0.4, -0.2) is 63.3 Å². The van der Waals surface area contributed by atoms with E-state index < -0.39 is 6.09 Å². The second kappa shape index (κ2) is 8.75. The molecule has 0 radical (unpaired) electrons. The van der Waals surface area contributed by atoms with Gasteiger partial charge in [-0.3, -0.25) is 4.68 Å². The number of amides is 1. The molecule has 1 aliphatic heterocycles. The van der Waals surface area contributed by atoms with Crippen LogP contribution in [0.2, 0.25) is 0 Å². The van der Waals surface area contributed by atoms with E-state index in [2.05, 4.69) is 25.4 Å². The fourth-order valence-electron chi connectivity index (χ4n) is 4.10. The molecule has 0 aliphatic carbocycles. The Kier molecular flexibility index (Phi) is 5.65. The zero-order valence-corrected chi connectivity index (χ0v) is 18.2. The van der Waals surface area contributed by atoms with Crippen molar-refractivity contribution in [2.75, 3.05) is 20.3 Å². The average Bonchev–Trinajstić information content (AvgIpc) is 3.54. The van der Waals surface area contributed by atoms with Gasteiger partial charge in [0.2, 0.25) is 0 Å². The highest BCUT2D eigenvalue weighted by Crippen LogP contribution is 2.30. The Balaban J connectivity index is 1.41. The van der Waals surface area contributed by atoms with Crippen molar-refractivity contribution in [3.63, 3.8) is 0 Å². The summed E-state index contributed by atoms with van der Waals surface area (Å²) < 4.78 is 31.7. The van der Waals surface area contributed by atoms with Gasteiger partial charge < -0.3 is 24.5 Å². The number of methoxy groups -OCH3 is 1. The van der Waals surface area contributed by atoms with E-state index in [-0.39, 0.29) is 23.7 Å². The molecule has 4 heterocycles. The molecule has 5 rings (SSSR count). The molecule has 1 aliphatic rings. The summed E-state index contributed by atoms with van der Waals surface area (Å²) in [5.41, 5.74) is 2.50. The van der Waals surface area contributed by atoms with E-state index >= 15 is 0 Å². The second-order valence-electron chi connectivity index (χ2n) is 7.89. The number of fused-ring (bicyclic) bond motifs is 2. The SMILES string of the molecule is COCC(NC(=O)Oc1c[nH]c2ncc(-c3nn(C)c4cc(F)ccc34)nc12)C1CCCO1. The Bertz CT molecular complexity index is 1310. The maximum Gasteiger partial charge on any atom is 0.413 e. The van der Waals surface area contributed by atoms with E-state index in [4.69, 9.17) is 14.2 Å². The standard InChI is InChI=1S/C22H23FN6O4/c1-29-16-8-12(23)5-6-13(16)19(28-29)14-9-24-21-20(26-14)18(10-25-21)33-22(30)27-15(11-31-2)17-4-3-7-32-17/h5-6,8-10,15,17H,3-4,7,11H2,1-2H3,(H,24,25)(H,27,30). The van der Waals surface area contributed by atoms with Crippen molar-refractivity contribution in [1.82, 2.24) is 30.0 Å². The lowest BCUT2D eigenvalue weighted by atomic mass is 10.1. The molecule has 4 aromatic rings. The fraction of sp³-hybridized carbons (Fsp3) is 0.364. The van der Waals surface area contributed by atoms with Gasteiger partial charge in [-0.25, -0.2) is 19.2 Å². The van der Waals surface area contributed by atoms with Gasteiger partial charge in [-0.1, -0.05) is 0 Å². The van der Waals surface area contributed by atoms with Gasteiger partial charge in [0, 0.05) is 32.3 Å². The molecule has 33 heavy (non-hydrogen) atoms. The summed E-state index contributed by atoms with van der Waals surface area (Å²) >= 11 is 0. The van der Waals surface area contributed by atoms with Gasteiger partial charge >= 0.3 is 6.09 Å². The Hall–Kier alpha value is -3.57. The van der Waals surface area contributed by atoms with Crippen molar-refractivity contribution in [3.05, 3.63) is 36.4 Å². The third-order valence-corrected chi connectivity index (χ3v) is 5.67. The molecule has 0 spiro atoms. The Morgan fingerprint density at radius 3 is 3.12 bits per heavy atom. The lowest BCUT2D eigenvalue weighted by molar-refractivity contribution is 0.0443. The van der Waals surface area contributed by atoms with Crippen LogP contribution in [-0.2, 0) is 16.5 Å². The number of aryl methyl sites for hydroxylation is 1. The van der Waals surface area contributed by atoms with Crippen LogP contribution >= 0.6 is 0 Å². The lowest BCUT2D eigenvalue weighted by Crippen LogP contribution is -2.47. The van der Waals surface area contributed by atoms with Gasteiger partial charge in [0.05, 0.1) is 30.5 Å². The highest BCUT2D eigenvalue weighted by molar-refractivity contribution is 5.93. The van der Waals surface area contributed by atoms with Crippen LogP contribution in [0.4, 0.5) is 9.18 Å². The number of hydrogen-bond acceptors (Lipinski definition) is 7. The van der Waals surface area contributed by atoms with E-state index in [0.717, 1.165) is 18.2 Å². The van der Waals surface area contributed by atoms with Crippen molar-refractivity contribution in [1.29, 1.82) is 0 Å². The molecule has 0 saturated carbocycles. The summed E-state index contributed by atoms with van der Waals surface area (Å²) in [6.45, 7) is 0.974. The molecule has 3 aromatic heterocycles. The largest absolute Gasteiger partial charge is 0.413 e. The fourth-order valence-corrected chi connectivity index (χ4v) is 4.10. The number of H-pyrrole nitrogens is 1. The van der Waals surface area contributed by atoms with Gasteiger partial charge in [0.25, 0.3) is 0 Å². The van der Waals surface area contributed by atoms with E-state index in [1.165, 1.54) is 18.3 Å². The first-order chi connectivity index (χ1) is 16.0. The Morgan fingerprint density at radius 2 is 2.33 bits per heavy atom. The van der Waals surface area contributed by atoms with Gasteiger partial charge in [-0.15, -0.1) is 0 Å². The number of halogens is 1. The highest BCUT2D eigenvalue weighted by Gasteiger charge is 2.28. The monoisotopic (exact) mass is 454 g/mol. The summed E-state index contributed by atoms with van der Waals surface area (Å²) in [5.74, 6) is -0.118. The molecule has 11 heteroatoms. The first kappa shape index (κ1) is 21.3. The Labute approximate surface area is 188 Å². The molecule has 10 nitrogen and oxygen atoms in total. The first-order valence-corrected chi connectivity index (χ1v) is 10.6. The Morgan fingerprint density at radius 1 is 1.45 bits per heavy atom. The summed E-state index contributed by atoms with van der Waals surface area (Å²) in [7, 11) is 3.30. The number of carbonyl (C=O) groups is 1. The van der Waals surface area contributed by atoms with Crippen LogP contribution in [0.1, 0.15) is 12.8 Å². The minimum atomic E-state index is -0.639. The molecular weight excluding hydrogens is 431 g/mol. The van der Waals surface area contributed by atoms with E-state index in [1.807, 2.05) is 0 Å². The van der Waals surface area contributed by atoms with Crippen LogP contribution in [0.3, 0.4) is 0 Å². The van der Waals surface area contributed by atoms with Crippen molar-refractivity contribution in [2.45, 2.75) is 25.0 Å².